The monoisotopic (exact) mass is 551 g/mol. The van der Waals surface area contributed by atoms with Crippen LogP contribution in [0.5, 0.6) is 0 Å². The molecule has 2 heterocycles. The van der Waals surface area contributed by atoms with Gasteiger partial charge in [-0.15, -0.1) is 34.7 Å². The number of anilines is 1. The summed E-state index contributed by atoms with van der Waals surface area (Å²) in [4.78, 5) is 56.3. The number of aromatic nitrogens is 1. The number of nitrogens with one attached hydrogen (secondary N) is 2. The van der Waals surface area contributed by atoms with E-state index < -0.39 is 51.1 Å². The second kappa shape index (κ2) is 12.8. The zero-order chi connectivity index (χ0) is 24.1. The molecule has 176 valence electrons. The standard InChI is InChI=1S/C14H16ClN5O9S3.Na/c1-28-8(22)5-30-13-10(12(24)20(13)32(25,26)27)18-11(23)9(19-29-2)6-4-31-14(16-6)17-7(21)3-15;/h4,10,13H,3,5H2,1-2H3,(H,18,23)(H,16,17,21)(H,25,26,27);/q;+1/p-1/t10-,13+;/m1./s1. The number of alkyl halides is 1. The van der Waals surface area contributed by atoms with Gasteiger partial charge in [0.05, 0.1) is 12.9 Å². The summed E-state index contributed by atoms with van der Waals surface area (Å²) in [5.41, 5.74) is -0.430. The molecule has 2 atom stereocenters. The van der Waals surface area contributed by atoms with Crippen molar-refractivity contribution in [2.24, 2.45) is 5.16 Å². The van der Waals surface area contributed by atoms with Gasteiger partial charge in [-0.25, -0.2) is 17.7 Å². The van der Waals surface area contributed by atoms with Crippen LogP contribution in [-0.2, 0) is 39.1 Å². The number of methoxy groups -OCH3 is 1. The van der Waals surface area contributed by atoms with Crippen LogP contribution in [0, 0.1) is 0 Å². The Balaban J connectivity index is 0.00000544. The van der Waals surface area contributed by atoms with Gasteiger partial charge in [0.25, 0.3) is 11.8 Å². The van der Waals surface area contributed by atoms with Gasteiger partial charge < -0.3 is 24.8 Å². The number of esters is 1. The fraction of sp³-hybridized carbons (Fsp3) is 0.429. The molecular formula is C14H15ClN5NaO9S3. The summed E-state index contributed by atoms with van der Waals surface area (Å²) in [5, 5.41) is 8.26. The average molecular weight is 552 g/mol. The summed E-state index contributed by atoms with van der Waals surface area (Å²) < 4.78 is 38.5. The molecule has 0 unspecified atom stereocenters. The number of halogens is 1. The summed E-state index contributed by atoms with van der Waals surface area (Å²) in [6, 6.07) is -1.46. The first-order valence-electron chi connectivity index (χ1n) is 8.24. The number of rotatable bonds is 10. The third-order valence-corrected chi connectivity index (χ3v) is 6.89. The van der Waals surface area contributed by atoms with E-state index in [1.807, 2.05) is 0 Å². The van der Waals surface area contributed by atoms with Crippen molar-refractivity contribution < 1.29 is 71.3 Å². The molecule has 1 aromatic rings. The largest absolute Gasteiger partial charge is 1.00 e. The number of carbonyl (C=O) groups excluding carboxylic acids is 4. The van der Waals surface area contributed by atoms with Gasteiger partial charge in [-0.05, 0) is 0 Å². The van der Waals surface area contributed by atoms with Crippen molar-refractivity contribution in [1.29, 1.82) is 0 Å². The first-order valence-corrected chi connectivity index (χ1v) is 12.1. The van der Waals surface area contributed by atoms with E-state index in [1.165, 1.54) is 5.38 Å². The average Bonchev–Trinajstić information content (AvgIpc) is 3.19. The number of ether oxygens (including phenoxy) is 1. The van der Waals surface area contributed by atoms with Crippen LogP contribution in [0.3, 0.4) is 0 Å². The van der Waals surface area contributed by atoms with E-state index in [9.17, 15) is 32.1 Å². The third-order valence-electron chi connectivity index (χ3n) is 3.64. The molecule has 0 aliphatic carbocycles. The second-order valence-corrected chi connectivity index (χ2v) is 9.14. The molecule has 1 fully saturated rings. The van der Waals surface area contributed by atoms with Crippen LogP contribution in [-0.4, -0.2) is 88.9 Å². The minimum Gasteiger partial charge on any atom is -0.731 e. The maximum atomic E-state index is 12.7. The summed E-state index contributed by atoms with van der Waals surface area (Å²) >= 11 is 6.97. The second-order valence-electron chi connectivity index (χ2n) is 5.66. The van der Waals surface area contributed by atoms with Crippen molar-refractivity contribution in [1.82, 2.24) is 14.6 Å². The van der Waals surface area contributed by atoms with Gasteiger partial charge in [0, 0.05) is 5.38 Å². The van der Waals surface area contributed by atoms with Crippen molar-refractivity contribution in [3.63, 3.8) is 0 Å². The smallest absolute Gasteiger partial charge is 0.731 e. The molecule has 1 saturated heterocycles. The Labute approximate surface area is 222 Å². The number of amides is 3. The first-order chi connectivity index (χ1) is 15.0. The van der Waals surface area contributed by atoms with Crippen LogP contribution in [0.4, 0.5) is 5.13 Å². The van der Waals surface area contributed by atoms with Crippen LogP contribution in [0.25, 0.3) is 0 Å². The fourth-order valence-electron chi connectivity index (χ4n) is 2.28. The van der Waals surface area contributed by atoms with Crippen molar-refractivity contribution in [2.45, 2.75) is 11.4 Å². The first kappa shape index (κ1) is 29.6. The number of oxime groups is 1. The molecule has 2 N–H and O–H groups in total. The molecule has 1 aromatic heterocycles. The van der Waals surface area contributed by atoms with E-state index in [0.717, 1.165) is 25.6 Å². The molecule has 1 aliphatic heterocycles. The molecule has 14 nitrogen and oxygen atoms in total. The zero-order valence-corrected chi connectivity index (χ0v) is 22.5. The van der Waals surface area contributed by atoms with E-state index >= 15 is 0 Å². The van der Waals surface area contributed by atoms with Crippen molar-refractivity contribution in [3.05, 3.63) is 11.1 Å². The fourth-order valence-corrected chi connectivity index (χ4v) is 5.31. The number of carbonyl (C=O) groups is 4. The Hall–Kier alpha value is -1.47. The molecule has 0 aromatic carbocycles. The SMILES string of the molecule is CON=C(C(=O)N[C@@H]1C(=O)N(S(=O)(=O)[O-])[C@H]1SCC(=O)OC)c1csc(NC(=O)CCl)n1.[Na+]. The summed E-state index contributed by atoms with van der Waals surface area (Å²) in [7, 11) is -2.95. The summed E-state index contributed by atoms with van der Waals surface area (Å²) in [6.07, 6.45) is 0. The van der Waals surface area contributed by atoms with Gasteiger partial charge in [0.1, 0.15) is 30.1 Å². The van der Waals surface area contributed by atoms with Crippen LogP contribution >= 0.6 is 34.7 Å². The van der Waals surface area contributed by atoms with E-state index in [2.05, 4.69) is 30.3 Å². The zero-order valence-electron chi connectivity index (χ0n) is 17.3. The molecular weight excluding hydrogens is 537 g/mol. The van der Waals surface area contributed by atoms with Crippen LogP contribution in [0.15, 0.2) is 10.5 Å². The molecule has 0 spiro atoms. The number of β-lactam (4-membered cyclic amide) rings is 1. The maximum absolute atomic E-state index is 12.7. The Bertz CT molecular complexity index is 1050. The predicted octanol–water partition coefficient (Wildman–Crippen LogP) is -4.31. The number of hydrogen-bond donors (Lipinski definition) is 2. The van der Waals surface area contributed by atoms with E-state index in [4.69, 9.17) is 11.6 Å². The van der Waals surface area contributed by atoms with Crippen LogP contribution in [0.2, 0.25) is 0 Å². The normalized spacial score (nSPS) is 18.0. The number of hydrogen-bond acceptors (Lipinski definition) is 13. The van der Waals surface area contributed by atoms with E-state index in [-0.39, 0.29) is 56.3 Å². The van der Waals surface area contributed by atoms with Crippen LogP contribution in [0.1, 0.15) is 5.69 Å². The Morgan fingerprint density at radius 1 is 1.39 bits per heavy atom. The summed E-state index contributed by atoms with van der Waals surface area (Å²) in [5.74, 6) is -4.16. The van der Waals surface area contributed by atoms with Gasteiger partial charge in [0.2, 0.25) is 5.91 Å². The quantitative estimate of drug-likeness (QED) is 0.0542. The van der Waals surface area contributed by atoms with E-state index in [1.54, 1.807) is 0 Å². The van der Waals surface area contributed by atoms with E-state index in [0.29, 0.717) is 11.8 Å². The molecule has 0 saturated carbocycles. The maximum Gasteiger partial charge on any atom is 1.00 e. The van der Waals surface area contributed by atoms with Crippen molar-refractivity contribution in [3.8, 4) is 0 Å². The molecule has 33 heavy (non-hydrogen) atoms. The van der Waals surface area contributed by atoms with Gasteiger partial charge >= 0.3 is 35.5 Å². The molecule has 19 heteroatoms. The predicted molar refractivity (Wildman–Crippen MR) is 112 cm³/mol. The number of thiazole rings is 1. The van der Waals surface area contributed by atoms with Gasteiger partial charge in [-0.2, -0.15) is 0 Å². The summed E-state index contributed by atoms with van der Waals surface area (Å²) in [6.45, 7) is 0. The Kier molecular flexibility index (Phi) is 11.5. The Morgan fingerprint density at radius 3 is 2.61 bits per heavy atom. The van der Waals surface area contributed by atoms with Gasteiger partial charge in [-0.1, -0.05) is 5.16 Å². The molecule has 0 radical (unpaired) electrons. The van der Waals surface area contributed by atoms with Crippen molar-refractivity contribution >= 4 is 79.5 Å². The molecule has 3 amide bonds. The van der Waals surface area contributed by atoms with Crippen LogP contribution < -0.4 is 40.2 Å². The van der Waals surface area contributed by atoms with Gasteiger partial charge in [0.15, 0.2) is 21.1 Å². The minimum absolute atomic E-state index is 0. The number of thioether (sulfide) groups is 1. The molecule has 0 bridgehead atoms. The van der Waals surface area contributed by atoms with Crippen molar-refractivity contribution in [2.75, 3.05) is 31.2 Å². The minimum atomic E-state index is -5.19. The topological polar surface area (TPSA) is 196 Å². The molecule has 1 aliphatic rings. The third kappa shape index (κ3) is 7.51. The van der Waals surface area contributed by atoms with Gasteiger partial charge in [-0.3, -0.25) is 19.2 Å². The molecule has 2 rings (SSSR count). The Morgan fingerprint density at radius 2 is 2.06 bits per heavy atom. The number of nitrogens with zero attached hydrogens (tertiary/aromatic N) is 3.